The summed E-state index contributed by atoms with van der Waals surface area (Å²) in [4.78, 5) is 12.7. The van der Waals surface area contributed by atoms with Crippen LogP contribution in [0.3, 0.4) is 0 Å². The average Bonchev–Trinajstić information content (AvgIpc) is 2.33. The van der Waals surface area contributed by atoms with Crippen LogP contribution >= 0.6 is 12.4 Å². The monoisotopic (exact) mass is 352 g/mol. The summed E-state index contributed by atoms with van der Waals surface area (Å²) in [6.07, 6.45) is -1.45. The van der Waals surface area contributed by atoms with E-state index in [1.807, 2.05) is 0 Å². The lowest BCUT2D eigenvalue weighted by Gasteiger charge is -2.61. The van der Waals surface area contributed by atoms with Crippen LogP contribution in [0.5, 0.6) is 0 Å². The Hall–Kier alpha value is -0.490. The number of rotatable bonds is 3. The van der Waals surface area contributed by atoms with Gasteiger partial charge in [-0.3, -0.25) is 4.79 Å². The molecule has 0 radical (unpaired) electrons. The first-order valence-corrected chi connectivity index (χ1v) is 8.38. The van der Waals surface area contributed by atoms with Gasteiger partial charge >= 0.3 is 6.18 Å². The fourth-order valence-electron chi connectivity index (χ4n) is 5.78. The second-order valence-electron chi connectivity index (χ2n) is 8.25. The third kappa shape index (κ3) is 2.66. The molecule has 5 rings (SSSR count). The van der Waals surface area contributed by atoms with E-state index in [1.54, 1.807) is 0 Å². The normalized spacial score (nSPS) is 42.0. The van der Waals surface area contributed by atoms with Crippen LogP contribution in [-0.2, 0) is 4.79 Å². The van der Waals surface area contributed by atoms with E-state index < -0.39 is 17.0 Å². The molecule has 3 nitrogen and oxygen atoms in total. The Morgan fingerprint density at radius 3 is 2.22 bits per heavy atom. The summed E-state index contributed by atoms with van der Waals surface area (Å²) in [5, 5.41) is 6.11. The van der Waals surface area contributed by atoms with E-state index in [1.165, 1.54) is 0 Å². The highest BCUT2D eigenvalue weighted by Gasteiger charge is 2.68. The van der Waals surface area contributed by atoms with Crippen molar-refractivity contribution in [1.82, 2.24) is 10.6 Å². The van der Waals surface area contributed by atoms with Crippen LogP contribution < -0.4 is 10.6 Å². The van der Waals surface area contributed by atoms with E-state index in [0.29, 0.717) is 25.3 Å². The summed E-state index contributed by atoms with van der Waals surface area (Å²) in [6.45, 7) is 2.39. The number of carbonyl (C=O) groups is 1. The van der Waals surface area contributed by atoms with Gasteiger partial charge < -0.3 is 10.6 Å². The van der Waals surface area contributed by atoms with Gasteiger partial charge in [-0.15, -0.1) is 12.4 Å². The maximum Gasteiger partial charge on any atom is 0.394 e. The molecule has 5 aliphatic rings. The van der Waals surface area contributed by atoms with Crippen molar-refractivity contribution < 1.29 is 18.0 Å². The summed E-state index contributed by atoms with van der Waals surface area (Å²) in [6, 6.07) is 0. The minimum Gasteiger partial charge on any atom is -0.355 e. The zero-order chi connectivity index (χ0) is 15.6. The first-order valence-electron chi connectivity index (χ1n) is 8.38. The first-order chi connectivity index (χ1) is 10.3. The Bertz CT molecular complexity index is 478. The van der Waals surface area contributed by atoms with Gasteiger partial charge in [-0.25, -0.2) is 0 Å². The van der Waals surface area contributed by atoms with Crippen molar-refractivity contribution in [1.29, 1.82) is 0 Å². The highest BCUT2D eigenvalue weighted by Crippen LogP contribution is 2.69. The first kappa shape index (κ1) is 17.3. The summed E-state index contributed by atoms with van der Waals surface area (Å²) in [7, 11) is 0. The van der Waals surface area contributed by atoms with E-state index >= 15 is 0 Å². The molecule has 1 amide bonds. The highest BCUT2D eigenvalue weighted by atomic mass is 35.5. The predicted octanol–water partition coefficient (Wildman–Crippen LogP) is 2.89. The van der Waals surface area contributed by atoms with Gasteiger partial charge in [0.05, 0.1) is 10.8 Å². The molecule has 2 N–H and O–H groups in total. The van der Waals surface area contributed by atoms with Crippen molar-refractivity contribution in [2.24, 2.45) is 28.6 Å². The van der Waals surface area contributed by atoms with Crippen molar-refractivity contribution in [2.75, 3.05) is 19.6 Å². The minimum atomic E-state index is -4.17. The molecule has 4 aliphatic carbocycles. The zero-order valence-electron chi connectivity index (χ0n) is 13.0. The molecule has 4 bridgehead atoms. The fraction of sp³-hybridized carbons (Fsp3) is 0.938. The second kappa shape index (κ2) is 5.51. The molecule has 2 atom stereocenters. The van der Waals surface area contributed by atoms with E-state index in [0.717, 1.165) is 19.5 Å². The lowest BCUT2D eigenvalue weighted by Crippen LogP contribution is -2.62. The van der Waals surface area contributed by atoms with Crippen molar-refractivity contribution in [3.63, 3.8) is 0 Å². The van der Waals surface area contributed by atoms with Gasteiger partial charge in [0.2, 0.25) is 5.91 Å². The fourth-order valence-corrected chi connectivity index (χ4v) is 5.78. The van der Waals surface area contributed by atoms with Crippen molar-refractivity contribution in [3.8, 4) is 0 Å². The second-order valence-corrected chi connectivity index (χ2v) is 8.25. The number of alkyl halides is 3. The van der Waals surface area contributed by atoms with Crippen LogP contribution in [-0.4, -0.2) is 31.7 Å². The number of hydrogen-bond donors (Lipinski definition) is 2. The Labute approximate surface area is 140 Å². The van der Waals surface area contributed by atoms with Gasteiger partial charge in [0.25, 0.3) is 0 Å². The van der Waals surface area contributed by atoms with Crippen LogP contribution in [0.1, 0.15) is 38.5 Å². The number of nitrogens with one attached hydrogen (secondary N) is 2. The molecule has 132 valence electrons. The molecular formula is C16H24ClF3N2O. The maximum atomic E-state index is 13.7. The molecule has 23 heavy (non-hydrogen) atoms. The summed E-state index contributed by atoms with van der Waals surface area (Å²) >= 11 is 0. The third-order valence-electron chi connectivity index (χ3n) is 6.56. The maximum absolute atomic E-state index is 13.7. The van der Waals surface area contributed by atoms with Crippen LogP contribution in [0.25, 0.3) is 0 Å². The molecule has 0 aromatic heterocycles. The van der Waals surface area contributed by atoms with Gasteiger partial charge in [0, 0.05) is 25.6 Å². The minimum absolute atomic E-state index is 0. The van der Waals surface area contributed by atoms with Crippen LogP contribution in [0, 0.1) is 28.6 Å². The summed E-state index contributed by atoms with van der Waals surface area (Å²) < 4.78 is 41.0. The summed E-state index contributed by atoms with van der Waals surface area (Å²) in [5.41, 5.74) is -2.34. The molecule has 0 spiro atoms. The third-order valence-corrected chi connectivity index (χ3v) is 6.56. The van der Waals surface area contributed by atoms with Gasteiger partial charge in [-0.1, -0.05) is 0 Å². The molecule has 2 unspecified atom stereocenters. The topological polar surface area (TPSA) is 41.1 Å². The smallest absolute Gasteiger partial charge is 0.355 e. The van der Waals surface area contributed by atoms with E-state index in [9.17, 15) is 18.0 Å². The molecule has 4 saturated carbocycles. The number of amides is 1. The average molecular weight is 353 g/mol. The van der Waals surface area contributed by atoms with Crippen LogP contribution in [0.2, 0.25) is 0 Å². The number of carbonyl (C=O) groups excluding carboxylic acids is 1. The van der Waals surface area contributed by atoms with E-state index in [-0.39, 0.29) is 49.4 Å². The predicted molar refractivity (Wildman–Crippen MR) is 82.2 cm³/mol. The Morgan fingerprint density at radius 2 is 1.74 bits per heavy atom. The molecular weight excluding hydrogens is 329 g/mol. The van der Waals surface area contributed by atoms with Gasteiger partial charge in [-0.2, -0.15) is 13.2 Å². The van der Waals surface area contributed by atoms with Crippen molar-refractivity contribution >= 4 is 18.3 Å². The van der Waals surface area contributed by atoms with E-state index in [4.69, 9.17) is 0 Å². The number of hydrogen-bond acceptors (Lipinski definition) is 2. The highest BCUT2D eigenvalue weighted by molar-refractivity contribution is 5.85. The van der Waals surface area contributed by atoms with Gasteiger partial charge in [0.15, 0.2) is 0 Å². The lowest BCUT2D eigenvalue weighted by molar-refractivity contribution is -0.283. The van der Waals surface area contributed by atoms with Crippen molar-refractivity contribution in [3.05, 3.63) is 0 Å². The van der Waals surface area contributed by atoms with Gasteiger partial charge in [-0.05, 0) is 50.4 Å². The Kier molecular flexibility index (Phi) is 4.16. The Morgan fingerprint density at radius 1 is 1.13 bits per heavy atom. The SMILES string of the molecule is Cl.O=C(NCC1CNC1)C12CC3CC(C1)CC(C(F)(F)F)(C3)C2. The molecule has 0 aromatic rings. The van der Waals surface area contributed by atoms with Crippen LogP contribution in [0.15, 0.2) is 0 Å². The van der Waals surface area contributed by atoms with E-state index in [2.05, 4.69) is 10.6 Å². The molecule has 1 saturated heterocycles. The molecule has 0 aromatic carbocycles. The largest absolute Gasteiger partial charge is 0.394 e. The lowest BCUT2D eigenvalue weighted by atomic mass is 9.43. The van der Waals surface area contributed by atoms with Gasteiger partial charge in [0.1, 0.15) is 0 Å². The zero-order valence-corrected chi connectivity index (χ0v) is 13.9. The standard InChI is InChI=1S/C16H23F3N2O.ClH/c17-16(18,19)15-4-10-1-11(5-15)3-14(2-10,9-15)13(22)21-8-12-6-20-7-12;/h10-12,20H,1-9H2,(H,21,22);1H. The van der Waals surface area contributed by atoms with Crippen LogP contribution in [0.4, 0.5) is 13.2 Å². The number of halogens is 4. The molecule has 7 heteroatoms. The molecule has 1 heterocycles. The Balaban J connectivity index is 0.00000156. The quantitative estimate of drug-likeness (QED) is 0.820. The summed E-state index contributed by atoms with van der Waals surface area (Å²) in [5.74, 6) is 0.495. The molecule has 5 fully saturated rings. The van der Waals surface area contributed by atoms with Crippen molar-refractivity contribution in [2.45, 2.75) is 44.7 Å². The molecule has 1 aliphatic heterocycles.